The number of hydrogen-bond donors (Lipinski definition) is 0. The molecular formula is C14H16N2O2. The van der Waals surface area contributed by atoms with Gasteiger partial charge in [-0.05, 0) is 32.0 Å². The summed E-state index contributed by atoms with van der Waals surface area (Å²) in [4.78, 5) is 8.24. The van der Waals surface area contributed by atoms with Gasteiger partial charge in [0.1, 0.15) is 0 Å². The maximum atomic E-state index is 5.00. The lowest BCUT2D eigenvalue weighted by Crippen LogP contribution is -1.76. The third-order valence-electron chi connectivity index (χ3n) is 1.78. The Morgan fingerprint density at radius 2 is 1.39 bits per heavy atom. The molecule has 0 radical (unpaired) electrons. The predicted molar refractivity (Wildman–Crippen MR) is 74.5 cm³/mol. The minimum absolute atomic E-state index is 0.764. The number of ether oxygens (including phenoxy) is 2. The summed E-state index contributed by atoms with van der Waals surface area (Å²) in [6.07, 6.45) is 9.42. The minimum atomic E-state index is 0.764. The van der Waals surface area contributed by atoms with E-state index >= 15 is 0 Å². The average molecular weight is 244 g/mol. The average Bonchev–Trinajstić information content (AvgIpc) is 2.40. The van der Waals surface area contributed by atoms with Crippen LogP contribution in [-0.2, 0) is 9.47 Å². The normalized spacial score (nSPS) is 12.1. The lowest BCUT2D eigenvalue weighted by molar-refractivity contribution is 0.493. The fourth-order valence-corrected chi connectivity index (χ4v) is 1.06. The third kappa shape index (κ3) is 5.65. The van der Waals surface area contributed by atoms with Crippen molar-refractivity contribution in [2.45, 2.75) is 13.8 Å². The zero-order valence-electron chi connectivity index (χ0n) is 10.5. The molecule has 0 saturated carbocycles. The van der Waals surface area contributed by atoms with Crippen LogP contribution < -0.4 is 0 Å². The number of allylic oxidation sites excluding steroid dienone is 2. The minimum Gasteiger partial charge on any atom is -0.454 e. The molecule has 1 aromatic carbocycles. The van der Waals surface area contributed by atoms with Crippen LogP contribution in [0.3, 0.4) is 0 Å². The van der Waals surface area contributed by atoms with Gasteiger partial charge < -0.3 is 9.47 Å². The van der Waals surface area contributed by atoms with Crippen molar-refractivity contribution in [3.05, 3.63) is 48.9 Å². The van der Waals surface area contributed by atoms with E-state index in [1.54, 1.807) is 24.7 Å². The Morgan fingerprint density at radius 1 is 0.889 bits per heavy atom. The second kappa shape index (κ2) is 8.75. The zero-order valence-corrected chi connectivity index (χ0v) is 10.5. The van der Waals surface area contributed by atoms with Gasteiger partial charge in [-0.25, -0.2) is 9.98 Å². The molecule has 0 aliphatic heterocycles. The first-order valence-electron chi connectivity index (χ1n) is 5.55. The zero-order chi connectivity index (χ0) is 13.1. The number of rotatable bonds is 6. The van der Waals surface area contributed by atoms with Crippen LogP contribution in [0.1, 0.15) is 13.8 Å². The molecule has 0 aliphatic rings. The van der Waals surface area contributed by atoms with Crippen LogP contribution in [0.4, 0.5) is 11.4 Å². The molecule has 0 fully saturated rings. The Hall–Kier alpha value is -2.36. The molecule has 0 heterocycles. The van der Waals surface area contributed by atoms with Gasteiger partial charge in [0.25, 0.3) is 0 Å². The highest BCUT2D eigenvalue weighted by atomic mass is 16.5. The first kappa shape index (κ1) is 13.7. The van der Waals surface area contributed by atoms with Gasteiger partial charge in [0.15, 0.2) is 12.8 Å². The largest absolute Gasteiger partial charge is 0.454 e. The molecule has 0 amide bonds. The molecule has 1 aromatic rings. The Kier molecular flexibility index (Phi) is 6.66. The maximum absolute atomic E-state index is 5.00. The number of aliphatic imine (C=N–C) groups is 2. The van der Waals surface area contributed by atoms with E-state index in [0.717, 1.165) is 11.4 Å². The van der Waals surface area contributed by atoms with Gasteiger partial charge in [-0.2, -0.15) is 0 Å². The molecule has 18 heavy (non-hydrogen) atoms. The first-order valence-corrected chi connectivity index (χ1v) is 5.55. The van der Waals surface area contributed by atoms with Crippen molar-refractivity contribution in [1.29, 1.82) is 0 Å². The topological polar surface area (TPSA) is 43.2 Å². The van der Waals surface area contributed by atoms with Crippen LogP contribution >= 0.6 is 0 Å². The smallest absolute Gasteiger partial charge is 0.180 e. The highest BCUT2D eigenvalue weighted by molar-refractivity contribution is 5.62. The summed E-state index contributed by atoms with van der Waals surface area (Å²) < 4.78 is 9.99. The van der Waals surface area contributed by atoms with Crippen LogP contribution in [-0.4, -0.2) is 12.8 Å². The van der Waals surface area contributed by atoms with Crippen molar-refractivity contribution in [2.75, 3.05) is 0 Å². The van der Waals surface area contributed by atoms with Crippen molar-refractivity contribution >= 4 is 24.2 Å². The fourth-order valence-electron chi connectivity index (χ4n) is 1.06. The summed E-state index contributed by atoms with van der Waals surface area (Å²) >= 11 is 0. The summed E-state index contributed by atoms with van der Waals surface area (Å²) in [7, 11) is 0. The molecule has 0 N–H and O–H groups in total. The van der Waals surface area contributed by atoms with Crippen LogP contribution in [0.15, 0.2) is 58.9 Å². The fraction of sp³-hybridized carbons (Fsp3) is 0.143. The lowest BCUT2D eigenvalue weighted by atomic mass is 10.3. The van der Waals surface area contributed by atoms with E-state index in [1.807, 2.05) is 38.1 Å². The molecule has 4 heteroatoms. The molecule has 1 rings (SSSR count). The first-order chi connectivity index (χ1) is 8.86. The van der Waals surface area contributed by atoms with E-state index < -0.39 is 0 Å². The van der Waals surface area contributed by atoms with E-state index in [9.17, 15) is 0 Å². The Balaban J connectivity index is 2.61. The molecule has 0 atom stereocenters. The summed E-state index contributed by atoms with van der Waals surface area (Å²) in [5.41, 5.74) is 1.53. The van der Waals surface area contributed by atoms with Gasteiger partial charge >= 0.3 is 0 Å². The van der Waals surface area contributed by atoms with E-state index in [-0.39, 0.29) is 0 Å². The maximum Gasteiger partial charge on any atom is 0.180 e. The molecule has 4 nitrogen and oxygen atoms in total. The highest BCUT2D eigenvalue weighted by Gasteiger charge is 1.91. The molecule has 0 aliphatic carbocycles. The van der Waals surface area contributed by atoms with Gasteiger partial charge in [-0.1, -0.05) is 18.2 Å². The predicted octanol–water partition coefficient (Wildman–Crippen LogP) is 4.11. The Morgan fingerprint density at radius 3 is 1.83 bits per heavy atom. The second-order valence-corrected chi connectivity index (χ2v) is 3.20. The van der Waals surface area contributed by atoms with E-state index in [0.29, 0.717) is 0 Å². The third-order valence-corrected chi connectivity index (χ3v) is 1.78. The van der Waals surface area contributed by atoms with Crippen molar-refractivity contribution in [2.24, 2.45) is 9.98 Å². The van der Waals surface area contributed by atoms with Gasteiger partial charge in [0.05, 0.1) is 23.9 Å². The number of nitrogens with zero attached hydrogens (tertiary/aromatic N) is 2. The molecular weight excluding hydrogens is 228 g/mol. The van der Waals surface area contributed by atoms with Crippen LogP contribution in [0.5, 0.6) is 0 Å². The Bertz CT molecular complexity index is 423. The van der Waals surface area contributed by atoms with Crippen molar-refractivity contribution in [3.63, 3.8) is 0 Å². The molecule has 94 valence electrons. The van der Waals surface area contributed by atoms with Gasteiger partial charge in [-0.3, -0.25) is 0 Å². The summed E-state index contributed by atoms with van der Waals surface area (Å²) in [6, 6.07) is 7.42. The standard InChI is InChI=1S/C14H16N2O2/c1-3-8-17-11-15-13-6-5-7-14(10-13)16-12-18-9-4-2/h3-12H,1-2H3/b8-3-,9-4-,15-11?,16-12?. The van der Waals surface area contributed by atoms with Crippen molar-refractivity contribution in [3.8, 4) is 0 Å². The van der Waals surface area contributed by atoms with E-state index in [4.69, 9.17) is 9.47 Å². The number of benzene rings is 1. The van der Waals surface area contributed by atoms with Crippen molar-refractivity contribution in [1.82, 2.24) is 0 Å². The van der Waals surface area contributed by atoms with Gasteiger partial charge in [0, 0.05) is 0 Å². The summed E-state index contributed by atoms with van der Waals surface area (Å²) in [6.45, 7) is 3.74. The SMILES string of the molecule is C/C=C\OC=Nc1cccc(N=CO/C=C\C)c1. The van der Waals surface area contributed by atoms with Crippen LogP contribution in [0.25, 0.3) is 0 Å². The quantitative estimate of drug-likeness (QED) is 0.429. The van der Waals surface area contributed by atoms with Gasteiger partial charge in [-0.15, -0.1) is 0 Å². The molecule has 0 saturated heterocycles. The number of hydrogen-bond acceptors (Lipinski definition) is 4. The molecule has 0 bridgehead atoms. The van der Waals surface area contributed by atoms with Crippen molar-refractivity contribution < 1.29 is 9.47 Å². The van der Waals surface area contributed by atoms with Crippen LogP contribution in [0, 0.1) is 0 Å². The van der Waals surface area contributed by atoms with E-state index in [1.165, 1.54) is 12.8 Å². The highest BCUT2D eigenvalue weighted by Crippen LogP contribution is 2.19. The van der Waals surface area contributed by atoms with Crippen LogP contribution in [0.2, 0.25) is 0 Å². The van der Waals surface area contributed by atoms with E-state index in [2.05, 4.69) is 9.98 Å². The summed E-state index contributed by atoms with van der Waals surface area (Å²) in [5.74, 6) is 0. The Labute approximate surface area is 107 Å². The lowest BCUT2D eigenvalue weighted by Gasteiger charge is -1.96. The molecule has 0 unspecified atom stereocenters. The summed E-state index contributed by atoms with van der Waals surface area (Å²) in [5, 5.41) is 0. The second-order valence-electron chi connectivity index (χ2n) is 3.20. The molecule has 0 aromatic heterocycles. The monoisotopic (exact) mass is 244 g/mol. The van der Waals surface area contributed by atoms with Gasteiger partial charge in [0.2, 0.25) is 0 Å². The molecule has 0 spiro atoms.